The molecule has 0 unspecified atom stereocenters. The molecule has 1 saturated heterocycles. The van der Waals surface area contributed by atoms with Gasteiger partial charge in [0.15, 0.2) is 5.96 Å². The van der Waals surface area contributed by atoms with Crippen LogP contribution in [0.15, 0.2) is 29.3 Å². The van der Waals surface area contributed by atoms with Crippen LogP contribution in [-0.2, 0) is 9.53 Å². The maximum atomic E-state index is 11.2. The summed E-state index contributed by atoms with van der Waals surface area (Å²) in [5.74, 6) is 0.618. The van der Waals surface area contributed by atoms with E-state index in [0.717, 1.165) is 49.4 Å². The molecular weight excluding hydrogens is 455 g/mol. The predicted molar refractivity (Wildman–Crippen MR) is 113 cm³/mol. The third-order valence-electron chi connectivity index (χ3n) is 3.89. The zero-order chi connectivity index (χ0) is 17.4. The lowest BCUT2D eigenvalue weighted by Gasteiger charge is -2.37. The van der Waals surface area contributed by atoms with Gasteiger partial charge in [-0.2, -0.15) is 0 Å². The van der Waals surface area contributed by atoms with E-state index in [2.05, 4.69) is 30.9 Å². The highest BCUT2D eigenvalue weighted by molar-refractivity contribution is 14.0. The number of nitrogens with one attached hydrogen (secondary N) is 1. The SMILES string of the molecule is CCNC(=NCCC(=O)OC)N1CCN(c2cccc(Cl)c2)CC1.I. The van der Waals surface area contributed by atoms with Crippen LogP contribution in [0.5, 0.6) is 0 Å². The Bertz CT molecular complexity index is 578. The van der Waals surface area contributed by atoms with Crippen LogP contribution in [0.1, 0.15) is 13.3 Å². The number of carbonyl (C=O) groups is 1. The summed E-state index contributed by atoms with van der Waals surface area (Å²) in [7, 11) is 1.40. The van der Waals surface area contributed by atoms with Crippen molar-refractivity contribution in [2.75, 3.05) is 51.3 Å². The van der Waals surface area contributed by atoms with Crippen molar-refractivity contribution in [3.63, 3.8) is 0 Å². The van der Waals surface area contributed by atoms with E-state index in [1.807, 2.05) is 25.1 Å². The number of aliphatic imine (C=N–C) groups is 1. The third kappa shape index (κ3) is 6.89. The van der Waals surface area contributed by atoms with E-state index >= 15 is 0 Å². The van der Waals surface area contributed by atoms with Crippen LogP contribution in [0.25, 0.3) is 0 Å². The van der Waals surface area contributed by atoms with Crippen LogP contribution in [0.4, 0.5) is 5.69 Å². The van der Waals surface area contributed by atoms with Crippen LogP contribution in [0.2, 0.25) is 5.02 Å². The highest BCUT2D eigenvalue weighted by Crippen LogP contribution is 2.20. The first-order valence-corrected chi connectivity index (χ1v) is 8.62. The number of esters is 1. The first-order chi connectivity index (χ1) is 11.6. The standard InChI is InChI=1S/C17H25ClN4O2.HI/c1-3-19-17(20-8-7-16(23)24-2)22-11-9-21(10-12-22)15-6-4-5-14(18)13-15;/h4-6,13H,3,7-12H2,1-2H3,(H,19,20);1H. The average molecular weight is 481 g/mol. The number of hydrogen-bond donors (Lipinski definition) is 1. The van der Waals surface area contributed by atoms with Crippen LogP contribution in [-0.4, -0.2) is 63.2 Å². The number of benzene rings is 1. The summed E-state index contributed by atoms with van der Waals surface area (Å²) < 4.78 is 4.65. The van der Waals surface area contributed by atoms with Crippen molar-refractivity contribution in [3.05, 3.63) is 29.3 Å². The molecule has 1 aliphatic heterocycles. The molecule has 6 nitrogen and oxygen atoms in total. The predicted octanol–water partition coefficient (Wildman–Crippen LogP) is 2.61. The normalized spacial score (nSPS) is 14.8. The summed E-state index contributed by atoms with van der Waals surface area (Å²) >= 11 is 6.08. The van der Waals surface area contributed by atoms with E-state index in [4.69, 9.17) is 11.6 Å². The van der Waals surface area contributed by atoms with Gasteiger partial charge in [-0.05, 0) is 25.1 Å². The van der Waals surface area contributed by atoms with E-state index in [-0.39, 0.29) is 29.9 Å². The van der Waals surface area contributed by atoms with Crippen molar-refractivity contribution in [1.82, 2.24) is 10.2 Å². The topological polar surface area (TPSA) is 57.2 Å². The number of nitrogens with zero attached hydrogens (tertiary/aromatic N) is 3. The Morgan fingerprint density at radius 2 is 2.04 bits per heavy atom. The quantitative estimate of drug-likeness (QED) is 0.304. The van der Waals surface area contributed by atoms with Crippen molar-refractivity contribution < 1.29 is 9.53 Å². The number of hydrogen-bond acceptors (Lipinski definition) is 4. The summed E-state index contributed by atoms with van der Waals surface area (Å²) in [6.07, 6.45) is 0.299. The number of methoxy groups -OCH3 is 1. The summed E-state index contributed by atoms with van der Waals surface area (Å²) in [4.78, 5) is 20.3. The van der Waals surface area contributed by atoms with Gasteiger partial charge in [0.25, 0.3) is 0 Å². The molecule has 1 aromatic carbocycles. The summed E-state index contributed by atoms with van der Waals surface area (Å²) in [5.41, 5.74) is 1.15. The molecule has 0 radical (unpaired) electrons. The highest BCUT2D eigenvalue weighted by atomic mass is 127. The van der Waals surface area contributed by atoms with Gasteiger partial charge in [0.1, 0.15) is 0 Å². The Hall–Kier alpha value is -1.22. The van der Waals surface area contributed by atoms with Gasteiger partial charge in [0.2, 0.25) is 0 Å². The highest BCUT2D eigenvalue weighted by Gasteiger charge is 2.20. The maximum Gasteiger partial charge on any atom is 0.307 e. The van der Waals surface area contributed by atoms with Gasteiger partial charge >= 0.3 is 5.97 Å². The lowest BCUT2D eigenvalue weighted by atomic mass is 10.2. The molecular formula is C17H26ClIN4O2. The minimum absolute atomic E-state index is 0. The third-order valence-corrected chi connectivity index (χ3v) is 4.13. The molecule has 1 aromatic rings. The van der Waals surface area contributed by atoms with E-state index in [1.54, 1.807) is 0 Å². The number of rotatable bonds is 5. The van der Waals surface area contributed by atoms with E-state index in [1.165, 1.54) is 7.11 Å². The van der Waals surface area contributed by atoms with Crippen LogP contribution in [0.3, 0.4) is 0 Å². The molecule has 25 heavy (non-hydrogen) atoms. The van der Waals surface area contributed by atoms with E-state index in [0.29, 0.717) is 13.0 Å². The number of anilines is 1. The Balaban J connectivity index is 0.00000312. The van der Waals surface area contributed by atoms with Crippen molar-refractivity contribution in [2.24, 2.45) is 4.99 Å². The molecule has 1 aliphatic rings. The Kier molecular flexibility index (Phi) is 9.96. The molecule has 0 atom stereocenters. The van der Waals surface area contributed by atoms with Crippen molar-refractivity contribution >= 4 is 53.2 Å². The van der Waals surface area contributed by atoms with Crippen LogP contribution >= 0.6 is 35.6 Å². The maximum absolute atomic E-state index is 11.2. The van der Waals surface area contributed by atoms with Gasteiger partial charge in [-0.15, -0.1) is 24.0 Å². The molecule has 0 bridgehead atoms. The van der Waals surface area contributed by atoms with Gasteiger partial charge < -0.3 is 19.9 Å². The zero-order valence-corrected chi connectivity index (χ0v) is 17.8. The molecule has 0 spiro atoms. The van der Waals surface area contributed by atoms with Crippen molar-refractivity contribution in [3.8, 4) is 0 Å². The van der Waals surface area contributed by atoms with Gasteiger partial charge in [-0.3, -0.25) is 9.79 Å². The first kappa shape index (κ1) is 21.8. The van der Waals surface area contributed by atoms with Gasteiger partial charge in [0.05, 0.1) is 20.1 Å². The second kappa shape index (κ2) is 11.4. The molecule has 8 heteroatoms. The minimum atomic E-state index is -0.236. The molecule has 0 aliphatic carbocycles. The van der Waals surface area contributed by atoms with Gasteiger partial charge in [0, 0.05) is 43.4 Å². The molecule has 0 saturated carbocycles. The smallest absolute Gasteiger partial charge is 0.307 e. The van der Waals surface area contributed by atoms with Gasteiger partial charge in [-0.1, -0.05) is 17.7 Å². The fourth-order valence-corrected chi connectivity index (χ4v) is 2.81. The number of ether oxygens (including phenoxy) is 1. The second-order valence-corrected chi connectivity index (χ2v) is 5.95. The minimum Gasteiger partial charge on any atom is -0.469 e. The Morgan fingerprint density at radius 1 is 1.32 bits per heavy atom. The molecule has 2 rings (SSSR count). The summed E-state index contributed by atoms with van der Waals surface area (Å²) in [6, 6.07) is 7.94. The van der Waals surface area contributed by atoms with E-state index < -0.39 is 0 Å². The van der Waals surface area contributed by atoms with Crippen molar-refractivity contribution in [1.29, 1.82) is 0 Å². The number of guanidine groups is 1. The van der Waals surface area contributed by atoms with Crippen molar-refractivity contribution in [2.45, 2.75) is 13.3 Å². The average Bonchev–Trinajstić information content (AvgIpc) is 2.61. The summed E-state index contributed by atoms with van der Waals surface area (Å²) in [5, 5.41) is 4.05. The fraction of sp³-hybridized carbons (Fsp3) is 0.529. The largest absolute Gasteiger partial charge is 0.469 e. The Labute approximate surface area is 171 Å². The number of piperazine rings is 1. The monoisotopic (exact) mass is 480 g/mol. The zero-order valence-electron chi connectivity index (χ0n) is 14.7. The Morgan fingerprint density at radius 3 is 2.64 bits per heavy atom. The molecule has 1 N–H and O–H groups in total. The number of carbonyl (C=O) groups excluding carboxylic acids is 1. The fourth-order valence-electron chi connectivity index (χ4n) is 2.63. The summed E-state index contributed by atoms with van der Waals surface area (Å²) in [6.45, 7) is 6.82. The molecule has 140 valence electrons. The molecule has 1 heterocycles. The molecule has 0 aromatic heterocycles. The van der Waals surface area contributed by atoms with Gasteiger partial charge in [-0.25, -0.2) is 0 Å². The van der Waals surface area contributed by atoms with Crippen LogP contribution in [0, 0.1) is 0 Å². The first-order valence-electron chi connectivity index (χ1n) is 8.24. The molecule has 0 amide bonds. The lowest BCUT2D eigenvalue weighted by molar-refractivity contribution is -0.140. The van der Waals surface area contributed by atoms with Crippen LogP contribution < -0.4 is 10.2 Å². The number of halogens is 2. The second-order valence-electron chi connectivity index (χ2n) is 5.52. The lowest BCUT2D eigenvalue weighted by Crippen LogP contribution is -2.52. The van der Waals surface area contributed by atoms with E-state index in [9.17, 15) is 4.79 Å². The molecule has 1 fully saturated rings.